The summed E-state index contributed by atoms with van der Waals surface area (Å²) in [4.78, 5) is 31.4. The maximum atomic E-state index is 12.9. The highest BCUT2D eigenvalue weighted by Gasteiger charge is 2.44. The van der Waals surface area contributed by atoms with Crippen molar-refractivity contribution in [2.75, 3.05) is 26.7 Å². The fourth-order valence-corrected chi connectivity index (χ4v) is 3.75. The highest BCUT2D eigenvalue weighted by Crippen LogP contribution is 2.27. The number of rotatable bonds is 6. The molecule has 2 aromatic rings. The second-order valence-corrected chi connectivity index (χ2v) is 7.95. The molecule has 1 fully saturated rings. The third-order valence-electron chi connectivity index (χ3n) is 5.17. The van der Waals surface area contributed by atoms with E-state index in [-0.39, 0.29) is 24.3 Å². The number of pyridine rings is 1. The van der Waals surface area contributed by atoms with Gasteiger partial charge in [-0.3, -0.25) is 14.6 Å². The highest BCUT2D eigenvalue weighted by atomic mass is 16.5. The van der Waals surface area contributed by atoms with Gasteiger partial charge in [0.25, 0.3) is 5.91 Å². The van der Waals surface area contributed by atoms with Crippen LogP contribution in [0.2, 0.25) is 0 Å². The van der Waals surface area contributed by atoms with Crippen LogP contribution in [0.5, 0.6) is 0 Å². The average Bonchev–Trinajstić information content (AvgIpc) is 2.73. The first-order chi connectivity index (χ1) is 13.9. The molecule has 3 rings (SSSR count). The Kier molecular flexibility index (Phi) is 6.64. The van der Waals surface area contributed by atoms with E-state index in [2.05, 4.69) is 16.4 Å². The zero-order chi connectivity index (χ0) is 20.9. The number of amides is 2. The lowest BCUT2D eigenvalue weighted by molar-refractivity contribution is -0.166. The van der Waals surface area contributed by atoms with Crippen LogP contribution >= 0.6 is 0 Å². The van der Waals surface area contributed by atoms with Gasteiger partial charge in [0, 0.05) is 38.8 Å². The molecule has 2 amide bonds. The van der Waals surface area contributed by atoms with Crippen LogP contribution in [0.1, 0.15) is 25.8 Å². The zero-order valence-corrected chi connectivity index (χ0v) is 17.4. The van der Waals surface area contributed by atoms with Gasteiger partial charge >= 0.3 is 0 Å². The zero-order valence-electron chi connectivity index (χ0n) is 17.4. The molecule has 1 aromatic heterocycles. The molecule has 1 aliphatic heterocycles. The van der Waals surface area contributed by atoms with Crippen LogP contribution in [0, 0.1) is 5.92 Å². The van der Waals surface area contributed by atoms with E-state index in [1.807, 2.05) is 50.4 Å². The second kappa shape index (κ2) is 9.18. The van der Waals surface area contributed by atoms with Crippen molar-refractivity contribution in [1.82, 2.24) is 15.2 Å². The van der Waals surface area contributed by atoms with Crippen molar-refractivity contribution in [2.45, 2.75) is 32.3 Å². The summed E-state index contributed by atoms with van der Waals surface area (Å²) in [7, 11) is 1.61. The summed E-state index contributed by atoms with van der Waals surface area (Å²) in [5, 5.41) is 2.73. The molecular formula is C23H29N3O3. The van der Waals surface area contributed by atoms with E-state index in [1.54, 1.807) is 18.1 Å². The summed E-state index contributed by atoms with van der Waals surface area (Å²) in [5.74, 6) is 0.142. The van der Waals surface area contributed by atoms with Gasteiger partial charge in [0.15, 0.2) is 5.60 Å². The molecule has 1 atom stereocenters. The second-order valence-electron chi connectivity index (χ2n) is 7.95. The molecule has 0 saturated carbocycles. The summed E-state index contributed by atoms with van der Waals surface area (Å²) in [6.45, 7) is 5.16. The fraction of sp³-hybridized carbons (Fsp3) is 0.435. The standard InChI is InChI=1S/C23H29N3O3/c1-17(2)12-21(27)26-10-11-29-23(16-26,22(28)24-3)14-18-6-4-7-19(13-18)20-8-5-9-25-15-20/h4-9,13,15,17H,10-12,14,16H2,1-3H3,(H,24,28). The largest absolute Gasteiger partial charge is 0.361 e. The van der Waals surface area contributed by atoms with Gasteiger partial charge in [0.05, 0.1) is 13.2 Å². The van der Waals surface area contributed by atoms with Crippen LogP contribution < -0.4 is 5.32 Å². The molecule has 0 radical (unpaired) electrons. The number of likely N-dealkylation sites (N-methyl/N-ethyl adjacent to an activating group) is 1. The number of morpholine rings is 1. The third-order valence-corrected chi connectivity index (χ3v) is 5.17. The van der Waals surface area contributed by atoms with Gasteiger partial charge in [-0.1, -0.05) is 44.2 Å². The Balaban J connectivity index is 1.86. The molecule has 154 valence electrons. The van der Waals surface area contributed by atoms with E-state index < -0.39 is 5.60 Å². The number of hydrogen-bond acceptors (Lipinski definition) is 4. The van der Waals surface area contributed by atoms with Gasteiger partial charge in [0.2, 0.25) is 5.91 Å². The molecule has 29 heavy (non-hydrogen) atoms. The molecule has 0 spiro atoms. The lowest BCUT2D eigenvalue weighted by atomic mass is 9.89. The maximum absolute atomic E-state index is 12.9. The van der Waals surface area contributed by atoms with Crippen LogP contribution in [-0.4, -0.2) is 54.0 Å². The number of nitrogens with one attached hydrogen (secondary N) is 1. The van der Waals surface area contributed by atoms with E-state index in [1.165, 1.54) is 0 Å². The Hall–Kier alpha value is -2.73. The molecule has 1 unspecified atom stereocenters. The lowest BCUT2D eigenvalue weighted by Crippen LogP contribution is -2.61. The molecular weight excluding hydrogens is 366 g/mol. The molecule has 1 aromatic carbocycles. The van der Waals surface area contributed by atoms with Crippen molar-refractivity contribution in [3.8, 4) is 11.1 Å². The summed E-state index contributed by atoms with van der Waals surface area (Å²) in [5.41, 5.74) is 1.94. The summed E-state index contributed by atoms with van der Waals surface area (Å²) in [6, 6.07) is 11.9. The number of nitrogens with zero attached hydrogens (tertiary/aromatic N) is 2. The Morgan fingerprint density at radius 2 is 2.03 bits per heavy atom. The summed E-state index contributed by atoms with van der Waals surface area (Å²) >= 11 is 0. The minimum Gasteiger partial charge on any atom is -0.361 e. The van der Waals surface area contributed by atoms with E-state index in [0.29, 0.717) is 26.0 Å². The molecule has 0 aliphatic carbocycles. The monoisotopic (exact) mass is 395 g/mol. The Morgan fingerprint density at radius 1 is 1.24 bits per heavy atom. The predicted octanol–water partition coefficient (Wildman–Crippen LogP) is 2.68. The van der Waals surface area contributed by atoms with Crippen LogP contribution in [0.4, 0.5) is 0 Å². The first kappa shape index (κ1) is 21.0. The number of carbonyl (C=O) groups excluding carboxylic acids is 2. The molecule has 1 saturated heterocycles. The molecule has 6 nitrogen and oxygen atoms in total. The summed E-state index contributed by atoms with van der Waals surface area (Å²) in [6.07, 6.45) is 4.43. The highest BCUT2D eigenvalue weighted by molar-refractivity contribution is 5.87. The fourth-order valence-electron chi connectivity index (χ4n) is 3.75. The quantitative estimate of drug-likeness (QED) is 0.816. The number of hydrogen-bond donors (Lipinski definition) is 1. The average molecular weight is 396 g/mol. The summed E-state index contributed by atoms with van der Waals surface area (Å²) < 4.78 is 6.03. The van der Waals surface area contributed by atoms with Crippen molar-refractivity contribution < 1.29 is 14.3 Å². The lowest BCUT2D eigenvalue weighted by Gasteiger charge is -2.41. The minimum absolute atomic E-state index is 0.0701. The molecule has 6 heteroatoms. The smallest absolute Gasteiger partial charge is 0.254 e. The number of ether oxygens (including phenoxy) is 1. The van der Waals surface area contributed by atoms with Gasteiger partial charge in [-0.2, -0.15) is 0 Å². The van der Waals surface area contributed by atoms with Crippen LogP contribution in [-0.2, 0) is 20.7 Å². The van der Waals surface area contributed by atoms with Crippen molar-refractivity contribution in [2.24, 2.45) is 5.92 Å². The van der Waals surface area contributed by atoms with Crippen molar-refractivity contribution in [3.05, 3.63) is 54.4 Å². The SMILES string of the molecule is CNC(=O)C1(Cc2cccc(-c3cccnc3)c2)CN(C(=O)CC(C)C)CCO1. The van der Waals surface area contributed by atoms with Crippen molar-refractivity contribution in [1.29, 1.82) is 0 Å². The maximum Gasteiger partial charge on any atom is 0.254 e. The molecule has 0 bridgehead atoms. The Labute approximate surface area is 172 Å². The van der Waals surface area contributed by atoms with Crippen LogP contribution in [0.15, 0.2) is 48.8 Å². The Bertz CT molecular complexity index is 853. The first-order valence-corrected chi connectivity index (χ1v) is 10.1. The van der Waals surface area contributed by atoms with Crippen LogP contribution in [0.3, 0.4) is 0 Å². The van der Waals surface area contributed by atoms with Gasteiger partial charge in [0.1, 0.15) is 0 Å². The number of benzene rings is 1. The molecule has 1 aliphatic rings. The van der Waals surface area contributed by atoms with Gasteiger partial charge in [-0.15, -0.1) is 0 Å². The van der Waals surface area contributed by atoms with Gasteiger partial charge < -0.3 is 15.0 Å². The topological polar surface area (TPSA) is 71.5 Å². The predicted molar refractivity (Wildman–Crippen MR) is 112 cm³/mol. The van der Waals surface area contributed by atoms with Gasteiger partial charge in [-0.05, 0) is 28.7 Å². The molecule has 1 N–H and O–H groups in total. The van der Waals surface area contributed by atoms with E-state index in [4.69, 9.17) is 4.74 Å². The first-order valence-electron chi connectivity index (χ1n) is 10.1. The minimum atomic E-state index is -1.09. The Morgan fingerprint density at radius 3 is 2.72 bits per heavy atom. The van der Waals surface area contributed by atoms with E-state index in [0.717, 1.165) is 16.7 Å². The van der Waals surface area contributed by atoms with E-state index >= 15 is 0 Å². The third kappa shape index (κ3) is 5.01. The molecule has 2 heterocycles. The van der Waals surface area contributed by atoms with Crippen molar-refractivity contribution >= 4 is 11.8 Å². The van der Waals surface area contributed by atoms with Gasteiger partial charge in [-0.25, -0.2) is 0 Å². The normalized spacial score (nSPS) is 19.2. The number of aromatic nitrogens is 1. The van der Waals surface area contributed by atoms with Crippen molar-refractivity contribution in [3.63, 3.8) is 0 Å². The van der Waals surface area contributed by atoms with E-state index in [9.17, 15) is 9.59 Å². The number of carbonyl (C=O) groups is 2. The van der Waals surface area contributed by atoms with Crippen LogP contribution in [0.25, 0.3) is 11.1 Å².